The van der Waals surface area contributed by atoms with Gasteiger partial charge in [-0.05, 0) is 31.2 Å². The van der Waals surface area contributed by atoms with Gasteiger partial charge in [0.25, 0.3) is 6.08 Å². The third-order valence-corrected chi connectivity index (χ3v) is 3.45. The van der Waals surface area contributed by atoms with E-state index in [1.807, 2.05) is 12.1 Å². The van der Waals surface area contributed by atoms with E-state index in [1.165, 1.54) is 0 Å². The smallest absolute Gasteiger partial charge is 0.328 e. The summed E-state index contributed by atoms with van der Waals surface area (Å²) in [6.45, 7) is 1.83. The molecule has 2 aromatic carbocycles. The maximum Gasteiger partial charge on any atom is 0.328 e. The zero-order valence-electron chi connectivity index (χ0n) is 14.3. The Bertz CT molecular complexity index is 804. The normalized spacial score (nSPS) is 10.9. The fourth-order valence-corrected chi connectivity index (χ4v) is 2.22. The number of hydrogen-bond donors (Lipinski definition) is 1. The predicted molar refractivity (Wildman–Crippen MR) is 97.7 cm³/mol. The quantitative estimate of drug-likeness (QED) is 0.607. The van der Waals surface area contributed by atoms with Gasteiger partial charge in [0.05, 0.1) is 12.2 Å². The Hall–Kier alpha value is -3.13. The van der Waals surface area contributed by atoms with E-state index in [9.17, 15) is 13.6 Å². The Labute approximate surface area is 151 Å². The topological polar surface area (TPSA) is 38.3 Å². The van der Waals surface area contributed by atoms with Gasteiger partial charge in [0.1, 0.15) is 6.04 Å². The van der Waals surface area contributed by atoms with Gasteiger partial charge in [-0.3, -0.25) is 0 Å². The fraction of sp³-hybridized carbons (Fsp3) is 0.190. The third-order valence-electron chi connectivity index (χ3n) is 3.45. The van der Waals surface area contributed by atoms with Gasteiger partial charge < -0.3 is 10.1 Å². The number of benzene rings is 2. The summed E-state index contributed by atoms with van der Waals surface area (Å²) < 4.78 is 31.7. The number of nitrogens with one attached hydrogen (secondary N) is 1. The molecule has 134 valence electrons. The van der Waals surface area contributed by atoms with Crippen molar-refractivity contribution in [2.75, 3.05) is 11.9 Å². The average Bonchev–Trinajstić information content (AvgIpc) is 2.65. The highest BCUT2D eigenvalue weighted by Gasteiger charge is 2.23. The van der Waals surface area contributed by atoms with Crippen molar-refractivity contribution in [3.8, 4) is 11.8 Å². The van der Waals surface area contributed by atoms with E-state index in [0.717, 1.165) is 0 Å². The van der Waals surface area contributed by atoms with Gasteiger partial charge in [0, 0.05) is 17.7 Å². The fourth-order valence-electron chi connectivity index (χ4n) is 2.22. The number of carbonyl (C=O) groups is 1. The lowest BCUT2D eigenvalue weighted by Crippen LogP contribution is -2.32. The first kappa shape index (κ1) is 19.2. The van der Waals surface area contributed by atoms with Crippen LogP contribution in [0.1, 0.15) is 18.9 Å². The van der Waals surface area contributed by atoms with Crippen LogP contribution >= 0.6 is 0 Å². The zero-order valence-corrected chi connectivity index (χ0v) is 14.3. The summed E-state index contributed by atoms with van der Waals surface area (Å²) in [6.07, 6.45) is -2.17. The molecule has 0 amide bonds. The van der Waals surface area contributed by atoms with Crippen LogP contribution in [0.3, 0.4) is 0 Å². The van der Waals surface area contributed by atoms with Crippen molar-refractivity contribution in [1.29, 1.82) is 0 Å². The van der Waals surface area contributed by atoms with E-state index >= 15 is 0 Å². The molecule has 0 aliphatic heterocycles. The molecule has 0 fully saturated rings. The van der Waals surface area contributed by atoms with E-state index in [4.69, 9.17) is 4.74 Å². The lowest BCUT2D eigenvalue weighted by atomic mass is 10.1. The molecular weight excluding hydrogens is 336 g/mol. The number of hydrogen-bond acceptors (Lipinski definition) is 3. The van der Waals surface area contributed by atoms with Crippen LogP contribution in [0.15, 0.2) is 72.3 Å². The maximum atomic E-state index is 13.3. The highest BCUT2D eigenvalue weighted by Crippen LogP contribution is 2.18. The Morgan fingerprint density at radius 3 is 2.27 bits per heavy atom. The number of esters is 1. The van der Waals surface area contributed by atoms with E-state index < -0.39 is 23.7 Å². The van der Waals surface area contributed by atoms with Crippen molar-refractivity contribution >= 4 is 11.7 Å². The molecule has 1 N–H and O–H groups in total. The predicted octanol–water partition coefficient (Wildman–Crippen LogP) is 4.62. The molecule has 1 atom stereocenters. The summed E-state index contributed by atoms with van der Waals surface area (Å²) in [5, 5.41) is 2.94. The highest BCUT2D eigenvalue weighted by atomic mass is 19.3. The van der Waals surface area contributed by atoms with Crippen LogP contribution in [0.5, 0.6) is 0 Å². The molecule has 26 heavy (non-hydrogen) atoms. The summed E-state index contributed by atoms with van der Waals surface area (Å²) in [7, 11) is 0. The minimum Gasteiger partial charge on any atom is -0.464 e. The van der Waals surface area contributed by atoms with Crippen LogP contribution < -0.4 is 5.32 Å². The van der Waals surface area contributed by atoms with Crippen molar-refractivity contribution in [3.63, 3.8) is 0 Å². The van der Waals surface area contributed by atoms with Gasteiger partial charge in [-0.2, -0.15) is 8.78 Å². The van der Waals surface area contributed by atoms with Crippen LogP contribution in [0, 0.1) is 11.8 Å². The summed E-state index contributed by atoms with van der Waals surface area (Å²) >= 11 is 0. The molecule has 0 bridgehead atoms. The van der Waals surface area contributed by atoms with Crippen molar-refractivity contribution in [2.45, 2.75) is 19.4 Å². The SMILES string of the molecule is CCOC(=O)C(CC(C#Cc1ccccc1)=C(F)F)Nc1ccccc1. The first-order chi connectivity index (χ1) is 12.6. The summed E-state index contributed by atoms with van der Waals surface area (Å²) in [5.41, 5.74) is 0.866. The number of halogens is 2. The van der Waals surface area contributed by atoms with Crippen molar-refractivity contribution in [3.05, 3.63) is 77.9 Å². The molecule has 0 saturated heterocycles. The minimum absolute atomic E-state index is 0.165. The Morgan fingerprint density at radius 2 is 1.69 bits per heavy atom. The van der Waals surface area contributed by atoms with Gasteiger partial charge >= 0.3 is 5.97 Å². The van der Waals surface area contributed by atoms with Crippen LogP contribution in [-0.4, -0.2) is 18.6 Å². The van der Waals surface area contributed by atoms with Crippen LogP contribution in [-0.2, 0) is 9.53 Å². The molecular formula is C21H19F2NO2. The third kappa shape index (κ3) is 6.06. The number of anilines is 1. The second kappa shape index (κ2) is 10.00. The zero-order chi connectivity index (χ0) is 18.8. The van der Waals surface area contributed by atoms with Gasteiger partial charge in [0.2, 0.25) is 0 Å². The molecule has 0 heterocycles. The van der Waals surface area contributed by atoms with Gasteiger partial charge in [-0.15, -0.1) is 0 Å². The molecule has 0 aliphatic rings. The molecule has 3 nitrogen and oxygen atoms in total. The second-order valence-electron chi connectivity index (χ2n) is 5.37. The van der Waals surface area contributed by atoms with E-state index in [2.05, 4.69) is 17.2 Å². The first-order valence-corrected chi connectivity index (χ1v) is 8.19. The molecule has 0 aromatic heterocycles. The Balaban J connectivity index is 2.22. The molecule has 1 unspecified atom stereocenters. The van der Waals surface area contributed by atoms with Gasteiger partial charge in [0.15, 0.2) is 0 Å². The number of carbonyl (C=O) groups excluding carboxylic acids is 1. The van der Waals surface area contributed by atoms with Crippen molar-refractivity contribution in [1.82, 2.24) is 0 Å². The van der Waals surface area contributed by atoms with Crippen LogP contribution in [0.25, 0.3) is 0 Å². The minimum atomic E-state index is -1.91. The maximum absolute atomic E-state index is 13.3. The molecule has 0 radical (unpaired) electrons. The molecule has 0 saturated carbocycles. The van der Waals surface area contributed by atoms with Crippen LogP contribution in [0.4, 0.5) is 14.5 Å². The monoisotopic (exact) mass is 355 g/mol. The van der Waals surface area contributed by atoms with Gasteiger partial charge in [-0.1, -0.05) is 48.2 Å². The second-order valence-corrected chi connectivity index (χ2v) is 5.37. The summed E-state index contributed by atoms with van der Waals surface area (Å²) in [6, 6.07) is 16.7. The lowest BCUT2D eigenvalue weighted by molar-refractivity contribution is -0.144. The number of rotatable bonds is 6. The van der Waals surface area contributed by atoms with Crippen molar-refractivity contribution < 1.29 is 18.3 Å². The molecule has 0 spiro atoms. The number of ether oxygens (including phenoxy) is 1. The lowest BCUT2D eigenvalue weighted by Gasteiger charge is -2.18. The van der Waals surface area contributed by atoms with E-state index in [0.29, 0.717) is 11.3 Å². The highest BCUT2D eigenvalue weighted by molar-refractivity contribution is 5.80. The summed E-state index contributed by atoms with van der Waals surface area (Å²) in [4.78, 5) is 12.2. The summed E-state index contributed by atoms with van der Waals surface area (Å²) in [5.74, 6) is 4.58. The average molecular weight is 355 g/mol. The Kier molecular flexibility index (Phi) is 7.38. The van der Waals surface area contributed by atoms with Crippen LogP contribution in [0.2, 0.25) is 0 Å². The van der Waals surface area contributed by atoms with E-state index in [1.54, 1.807) is 55.5 Å². The van der Waals surface area contributed by atoms with Gasteiger partial charge in [-0.25, -0.2) is 4.79 Å². The molecule has 2 aromatic rings. The van der Waals surface area contributed by atoms with E-state index in [-0.39, 0.29) is 13.0 Å². The Morgan fingerprint density at radius 1 is 1.08 bits per heavy atom. The first-order valence-electron chi connectivity index (χ1n) is 8.19. The molecule has 0 aliphatic carbocycles. The molecule has 5 heteroatoms. The molecule has 2 rings (SSSR count). The largest absolute Gasteiger partial charge is 0.464 e. The number of para-hydroxylation sites is 1. The van der Waals surface area contributed by atoms with Crippen molar-refractivity contribution in [2.24, 2.45) is 0 Å². The standard InChI is InChI=1S/C21H19F2NO2/c1-2-26-21(25)19(24-18-11-7-4-8-12-18)15-17(20(22)23)14-13-16-9-5-3-6-10-16/h3-12,19,24H,2,15H2,1H3.